The van der Waals surface area contributed by atoms with Crippen LogP contribution in [0.5, 0.6) is 0 Å². The topological polar surface area (TPSA) is 53.4 Å². The van der Waals surface area contributed by atoms with Gasteiger partial charge in [-0.05, 0) is 28.1 Å². The second-order valence-electron chi connectivity index (χ2n) is 2.44. The third kappa shape index (κ3) is 2.46. The van der Waals surface area contributed by atoms with Crippen molar-refractivity contribution in [1.82, 2.24) is 4.98 Å². The smallest absolute Gasteiger partial charge is 0.422 e. The van der Waals surface area contributed by atoms with Gasteiger partial charge in [-0.25, -0.2) is 4.98 Å². The van der Waals surface area contributed by atoms with Crippen molar-refractivity contribution in [2.75, 3.05) is 0 Å². The molecular weight excluding hydrogens is 266 g/mol. The molecule has 0 fully saturated rings. The van der Waals surface area contributed by atoms with E-state index in [0.29, 0.717) is 0 Å². The fraction of sp³-hybridized carbons (Fsp3) is 0.167. The molecule has 76 valence electrons. The lowest BCUT2D eigenvalue weighted by Gasteiger charge is -2.11. The van der Waals surface area contributed by atoms with Crippen molar-refractivity contribution in [2.24, 2.45) is 0 Å². The maximum absolute atomic E-state index is 12.3. The Morgan fingerprint density at radius 1 is 1.29 bits per heavy atom. The summed E-state index contributed by atoms with van der Waals surface area (Å²) >= 11 is 2.83. The zero-order valence-corrected chi connectivity index (χ0v) is 8.17. The molecule has 0 spiro atoms. The van der Waals surface area contributed by atoms with Crippen LogP contribution < -0.4 is 5.59 Å². The number of hydrogen-bond donors (Lipinski definition) is 2. The number of rotatable bonds is 1. The van der Waals surface area contributed by atoms with Gasteiger partial charge < -0.3 is 10.0 Å². The fourth-order valence-corrected chi connectivity index (χ4v) is 1.21. The lowest BCUT2D eigenvalue weighted by atomic mass is 9.82. The molecule has 1 aromatic rings. The van der Waals surface area contributed by atoms with Gasteiger partial charge in [-0.2, -0.15) is 13.2 Å². The minimum absolute atomic E-state index is 0.105. The summed E-state index contributed by atoms with van der Waals surface area (Å²) in [7, 11) is -2.25. The second kappa shape index (κ2) is 3.88. The van der Waals surface area contributed by atoms with Crippen LogP contribution in [0.2, 0.25) is 0 Å². The first-order chi connectivity index (χ1) is 6.32. The third-order valence-electron chi connectivity index (χ3n) is 1.44. The lowest BCUT2D eigenvalue weighted by molar-refractivity contribution is -0.137. The Balaban J connectivity index is 3.29. The van der Waals surface area contributed by atoms with Gasteiger partial charge in [0.2, 0.25) is 0 Å². The number of hydrogen-bond acceptors (Lipinski definition) is 3. The average molecular weight is 270 g/mol. The summed E-state index contributed by atoms with van der Waals surface area (Å²) in [6.45, 7) is 0. The van der Waals surface area contributed by atoms with E-state index in [1.165, 1.54) is 0 Å². The van der Waals surface area contributed by atoms with E-state index in [1.807, 2.05) is 0 Å². The molecule has 1 rings (SSSR count). The first-order valence-electron chi connectivity index (χ1n) is 3.42. The Kier molecular flexibility index (Phi) is 3.18. The standard InChI is InChI=1S/C6H4BBrF3NO2/c8-4-2-1-3(6(9,10)11)5(12-4)7(13)14/h1-2,13-14H. The van der Waals surface area contributed by atoms with E-state index >= 15 is 0 Å². The predicted molar refractivity (Wildman–Crippen MR) is 46.8 cm³/mol. The summed E-state index contributed by atoms with van der Waals surface area (Å²) in [5, 5.41) is 17.3. The molecular formula is C6H4BBrF3NO2. The van der Waals surface area contributed by atoms with E-state index in [9.17, 15) is 13.2 Å². The van der Waals surface area contributed by atoms with E-state index < -0.39 is 24.5 Å². The summed E-state index contributed by atoms with van der Waals surface area (Å²) in [4.78, 5) is 3.34. The first kappa shape index (κ1) is 11.5. The van der Waals surface area contributed by atoms with Crippen molar-refractivity contribution in [3.63, 3.8) is 0 Å². The van der Waals surface area contributed by atoms with Crippen molar-refractivity contribution in [3.05, 3.63) is 22.3 Å². The monoisotopic (exact) mass is 269 g/mol. The number of aromatic nitrogens is 1. The van der Waals surface area contributed by atoms with Gasteiger partial charge in [-0.1, -0.05) is 0 Å². The number of halogens is 4. The maximum Gasteiger partial charge on any atom is 0.508 e. The Labute approximate surface area is 85.9 Å². The minimum atomic E-state index is -4.65. The number of pyridine rings is 1. The van der Waals surface area contributed by atoms with E-state index in [1.54, 1.807) is 0 Å². The molecule has 0 aliphatic heterocycles. The summed E-state index contributed by atoms with van der Waals surface area (Å²) in [6, 6.07) is 1.81. The highest BCUT2D eigenvalue weighted by Gasteiger charge is 2.37. The molecule has 0 saturated heterocycles. The summed E-state index contributed by atoms with van der Waals surface area (Å²) in [6.07, 6.45) is -4.65. The van der Waals surface area contributed by atoms with Crippen molar-refractivity contribution < 1.29 is 23.2 Å². The molecule has 0 amide bonds. The van der Waals surface area contributed by atoms with Gasteiger partial charge in [0.05, 0.1) is 11.2 Å². The number of alkyl halides is 3. The van der Waals surface area contributed by atoms with E-state index in [-0.39, 0.29) is 4.60 Å². The highest BCUT2D eigenvalue weighted by Crippen LogP contribution is 2.28. The Morgan fingerprint density at radius 2 is 1.86 bits per heavy atom. The van der Waals surface area contributed by atoms with Gasteiger partial charge in [-0.3, -0.25) is 0 Å². The minimum Gasteiger partial charge on any atom is -0.422 e. The van der Waals surface area contributed by atoms with Gasteiger partial charge in [0.25, 0.3) is 0 Å². The van der Waals surface area contributed by atoms with Crippen LogP contribution in [0.15, 0.2) is 16.7 Å². The molecule has 14 heavy (non-hydrogen) atoms. The summed E-state index contributed by atoms with van der Waals surface area (Å²) in [5.41, 5.74) is -1.97. The quantitative estimate of drug-likeness (QED) is 0.578. The molecule has 3 nitrogen and oxygen atoms in total. The van der Waals surface area contributed by atoms with Crippen LogP contribution in [0.4, 0.5) is 13.2 Å². The zero-order chi connectivity index (χ0) is 10.9. The number of nitrogens with zero attached hydrogens (tertiary/aromatic N) is 1. The Morgan fingerprint density at radius 3 is 2.29 bits per heavy atom. The molecule has 0 aliphatic rings. The SMILES string of the molecule is OB(O)c1nc(Br)ccc1C(F)(F)F. The molecule has 1 aromatic heterocycles. The highest BCUT2D eigenvalue weighted by atomic mass is 79.9. The van der Waals surface area contributed by atoms with Gasteiger partial charge in [0.15, 0.2) is 0 Å². The van der Waals surface area contributed by atoms with Gasteiger partial charge in [0, 0.05) is 0 Å². The van der Waals surface area contributed by atoms with Crippen LogP contribution >= 0.6 is 15.9 Å². The summed E-state index contributed by atoms with van der Waals surface area (Å²) < 4.78 is 36.9. The van der Waals surface area contributed by atoms with Gasteiger partial charge in [0.1, 0.15) is 4.60 Å². The van der Waals surface area contributed by atoms with Crippen molar-refractivity contribution >= 4 is 28.6 Å². The van der Waals surface area contributed by atoms with Crippen LogP contribution in [0.3, 0.4) is 0 Å². The van der Waals surface area contributed by atoms with Gasteiger partial charge >= 0.3 is 13.3 Å². The molecule has 0 radical (unpaired) electrons. The normalized spacial score (nSPS) is 11.6. The maximum atomic E-state index is 12.3. The largest absolute Gasteiger partial charge is 0.508 e. The van der Waals surface area contributed by atoms with E-state index in [4.69, 9.17) is 10.0 Å². The first-order valence-corrected chi connectivity index (χ1v) is 4.21. The van der Waals surface area contributed by atoms with Crippen LogP contribution in [-0.4, -0.2) is 22.2 Å². The average Bonchev–Trinajstić information content (AvgIpc) is 2.01. The van der Waals surface area contributed by atoms with Crippen molar-refractivity contribution in [1.29, 1.82) is 0 Å². The van der Waals surface area contributed by atoms with Crippen LogP contribution in [0, 0.1) is 0 Å². The fourth-order valence-electron chi connectivity index (χ4n) is 0.887. The molecule has 0 atom stereocenters. The predicted octanol–water partition coefficient (Wildman–Crippen LogP) is 0.543. The third-order valence-corrected chi connectivity index (χ3v) is 1.88. The van der Waals surface area contributed by atoms with Crippen LogP contribution in [0.25, 0.3) is 0 Å². The molecule has 0 aliphatic carbocycles. The molecule has 0 unspecified atom stereocenters. The van der Waals surface area contributed by atoms with E-state index in [0.717, 1.165) is 12.1 Å². The molecule has 0 aromatic carbocycles. The van der Waals surface area contributed by atoms with Gasteiger partial charge in [-0.15, -0.1) is 0 Å². The van der Waals surface area contributed by atoms with Crippen LogP contribution in [0.1, 0.15) is 5.56 Å². The molecule has 1 heterocycles. The Hall–Kier alpha value is -0.595. The molecule has 2 N–H and O–H groups in total. The van der Waals surface area contributed by atoms with Crippen molar-refractivity contribution in [2.45, 2.75) is 6.18 Å². The molecule has 0 saturated carbocycles. The van der Waals surface area contributed by atoms with Crippen molar-refractivity contribution in [3.8, 4) is 0 Å². The van der Waals surface area contributed by atoms with Crippen LogP contribution in [-0.2, 0) is 6.18 Å². The molecule has 0 bridgehead atoms. The Bertz CT molecular complexity index is 344. The highest BCUT2D eigenvalue weighted by molar-refractivity contribution is 9.10. The second-order valence-corrected chi connectivity index (χ2v) is 3.25. The lowest BCUT2D eigenvalue weighted by Crippen LogP contribution is -2.38. The summed E-state index contributed by atoms with van der Waals surface area (Å²) in [5.74, 6) is 0. The molecule has 8 heteroatoms. The van der Waals surface area contributed by atoms with E-state index in [2.05, 4.69) is 20.9 Å². The zero-order valence-electron chi connectivity index (χ0n) is 6.59.